The molecule has 0 aromatic rings. The van der Waals surface area contributed by atoms with Crippen LogP contribution in [-0.2, 0) is 9.47 Å². The summed E-state index contributed by atoms with van der Waals surface area (Å²) in [6.07, 6.45) is 7.10. The second-order valence-corrected chi connectivity index (χ2v) is 7.37. The van der Waals surface area contributed by atoms with Crippen LogP contribution in [0.3, 0.4) is 0 Å². The van der Waals surface area contributed by atoms with Gasteiger partial charge in [0.05, 0.1) is 18.8 Å². The van der Waals surface area contributed by atoms with Crippen LogP contribution in [0.2, 0.25) is 0 Å². The molecule has 4 atom stereocenters. The number of ether oxygens (including phenoxy) is 2. The van der Waals surface area contributed by atoms with Gasteiger partial charge in [-0.15, -0.1) is 0 Å². The van der Waals surface area contributed by atoms with Gasteiger partial charge in [-0.2, -0.15) is 0 Å². The van der Waals surface area contributed by atoms with Crippen molar-refractivity contribution in [1.82, 2.24) is 15.5 Å². The molecule has 6 heteroatoms. The SMILES string of the molecule is CCNC(=NC[C@@H]1C[C@H]2CC[C@H]1O2)N[C@H]1CCCN(CCOC)C1. The van der Waals surface area contributed by atoms with Crippen molar-refractivity contribution in [2.45, 2.75) is 57.3 Å². The van der Waals surface area contributed by atoms with Crippen LogP contribution in [0.15, 0.2) is 4.99 Å². The second kappa shape index (κ2) is 9.02. The molecule has 2 bridgehead atoms. The molecule has 6 nitrogen and oxygen atoms in total. The molecule has 3 rings (SSSR count). The summed E-state index contributed by atoms with van der Waals surface area (Å²) in [5.74, 6) is 1.59. The molecule has 0 aliphatic carbocycles. The molecule has 0 radical (unpaired) electrons. The maximum atomic E-state index is 5.95. The Hall–Kier alpha value is -0.850. The molecule has 138 valence electrons. The van der Waals surface area contributed by atoms with Gasteiger partial charge in [-0.25, -0.2) is 0 Å². The zero-order chi connectivity index (χ0) is 16.8. The minimum absolute atomic E-state index is 0.459. The smallest absolute Gasteiger partial charge is 0.191 e. The first kappa shape index (κ1) is 18.0. The Labute approximate surface area is 146 Å². The lowest BCUT2D eigenvalue weighted by Gasteiger charge is -2.33. The number of likely N-dealkylation sites (tertiary alicyclic amines) is 1. The lowest BCUT2D eigenvalue weighted by atomic mass is 9.89. The van der Waals surface area contributed by atoms with Gasteiger partial charge in [0.2, 0.25) is 0 Å². The van der Waals surface area contributed by atoms with Crippen molar-refractivity contribution in [3.8, 4) is 0 Å². The highest BCUT2D eigenvalue weighted by Gasteiger charge is 2.40. The number of hydrogen-bond acceptors (Lipinski definition) is 4. The van der Waals surface area contributed by atoms with Crippen LogP contribution in [0, 0.1) is 5.92 Å². The summed E-state index contributed by atoms with van der Waals surface area (Å²) in [5, 5.41) is 7.06. The predicted molar refractivity (Wildman–Crippen MR) is 96.5 cm³/mol. The molecule has 24 heavy (non-hydrogen) atoms. The highest BCUT2D eigenvalue weighted by atomic mass is 16.5. The van der Waals surface area contributed by atoms with Crippen molar-refractivity contribution in [3.05, 3.63) is 0 Å². The Balaban J connectivity index is 1.48. The monoisotopic (exact) mass is 338 g/mol. The van der Waals surface area contributed by atoms with Gasteiger partial charge in [0.15, 0.2) is 5.96 Å². The summed E-state index contributed by atoms with van der Waals surface area (Å²) in [7, 11) is 1.77. The van der Waals surface area contributed by atoms with Gasteiger partial charge in [-0.1, -0.05) is 0 Å². The molecular weight excluding hydrogens is 304 g/mol. The van der Waals surface area contributed by atoms with Crippen LogP contribution in [0.4, 0.5) is 0 Å². The van der Waals surface area contributed by atoms with Gasteiger partial charge >= 0.3 is 0 Å². The van der Waals surface area contributed by atoms with E-state index >= 15 is 0 Å². The molecule has 3 aliphatic rings. The highest BCUT2D eigenvalue weighted by molar-refractivity contribution is 5.80. The number of nitrogens with one attached hydrogen (secondary N) is 2. The fraction of sp³-hybridized carbons (Fsp3) is 0.944. The van der Waals surface area contributed by atoms with Gasteiger partial charge in [0.1, 0.15) is 0 Å². The van der Waals surface area contributed by atoms with Crippen LogP contribution < -0.4 is 10.6 Å². The Morgan fingerprint density at radius 1 is 1.33 bits per heavy atom. The molecule has 0 saturated carbocycles. The van der Waals surface area contributed by atoms with Crippen LogP contribution in [0.25, 0.3) is 0 Å². The first-order valence-corrected chi connectivity index (χ1v) is 9.70. The molecule has 0 unspecified atom stereocenters. The van der Waals surface area contributed by atoms with Crippen LogP contribution in [-0.4, -0.2) is 75.5 Å². The Bertz CT molecular complexity index is 418. The molecule has 0 spiro atoms. The van der Waals surface area contributed by atoms with Crippen molar-refractivity contribution in [2.24, 2.45) is 10.9 Å². The van der Waals surface area contributed by atoms with Gasteiger partial charge < -0.3 is 20.1 Å². The Morgan fingerprint density at radius 2 is 2.25 bits per heavy atom. The number of guanidine groups is 1. The predicted octanol–water partition coefficient (Wildman–Crippen LogP) is 1.22. The van der Waals surface area contributed by atoms with E-state index in [4.69, 9.17) is 14.5 Å². The molecule has 0 aromatic carbocycles. The first-order chi connectivity index (χ1) is 11.8. The fourth-order valence-electron chi connectivity index (χ4n) is 4.25. The van der Waals surface area contributed by atoms with Crippen molar-refractivity contribution < 1.29 is 9.47 Å². The maximum absolute atomic E-state index is 5.95. The van der Waals surface area contributed by atoms with Crippen molar-refractivity contribution in [3.63, 3.8) is 0 Å². The summed E-state index contributed by atoms with van der Waals surface area (Å²) in [5.41, 5.74) is 0. The summed E-state index contributed by atoms with van der Waals surface area (Å²) >= 11 is 0. The summed E-state index contributed by atoms with van der Waals surface area (Å²) < 4.78 is 11.2. The van der Waals surface area contributed by atoms with E-state index in [2.05, 4.69) is 22.5 Å². The van der Waals surface area contributed by atoms with E-state index in [1.165, 1.54) is 38.6 Å². The van der Waals surface area contributed by atoms with Crippen molar-refractivity contribution in [2.75, 3.05) is 46.4 Å². The molecule has 3 heterocycles. The second-order valence-electron chi connectivity index (χ2n) is 7.37. The van der Waals surface area contributed by atoms with Gasteiger partial charge in [-0.05, 0) is 45.6 Å². The van der Waals surface area contributed by atoms with E-state index in [-0.39, 0.29) is 0 Å². The van der Waals surface area contributed by atoms with Crippen LogP contribution >= 0.6 is 0 Å². The summed E-state index contributed by atoms with van der Waals surface area (Å²) in [4.78, 5) is 7.35. The average molecular weight is 338 g/mol. The quantitative estimate of drug-likeness (QED) is 0.540. The van der Waals surface area contributed by atoms with E-state index in [9.17, 15) is 0 Å². The number of methoxy groups -OCH3 is 1. The number of piperidine rings is 1. The standard InChI is InChI=1S/C18H34N4O2/c1-3-19-18(20-12-14-11-16-6-7-17(14)24-16)21-15-5-4-8-22(13-15)9-10-23-2/h14-17H,3-13H2,1-2H3,(H2,19,20,21)/t14-,15-,16+,17+/m0/s1. The van der Waals surface area contributed by atoms with Crippen LogP contribution in [0.1, 0.15) is 39.0 Å². The van der Waals surface area contributed by atoms with Crippen molar-refractivity contribution in [1.29, 1.82) is 0 Å². The molecule has 3 saturated heterocycles. The maximum Gasteiger partial charge on any atom is 0.191 e. The molecule has 3 aliphatic heterocycles. The van der Waals surface area contributed by atoms with Gasteiger partial charge in [0, 0.05) is 45.2 Å². The Kier molecular flexibility index (Phi) is 6.75. The minimum atomic E-state index is 0.459. The van der Waals surface area contributed by atoms with Gasteiger partial charge in [0.25, 0.3) is 0 Å². The number of hydrogen-bond donors (Lipinski definition) is 2. The largest absolute Gasteiger partial charge is 0.383 e. The van der Waals surface area contributed by atoms with Gasteiger partial charge in [-0.3, -0.25) is 9.89 Å². The fourth-order valence-corrected chi connectivity index (χ4v) is 4.25. The molecule has 3 fully saturated rings. The minimum Gasteiger partial charge on any atom is -0.383 e. The van der Waals surface area contributed by atoms with E-state index in [0.29, 0.717) is 24.2 Å². The number of nitrogens with zero attached hydrogens (tertiary/aromatic N) is 2. The third-order valence-electron chi connectivity index (χ3n) is 5.52. The zero-order valence-corrected chi connectivity index (χ0v) is 15.3. The Morgan fingerprint density at radius 3 is 2.96 bits per heavy atom. The lowest BCUT2D eigenvalue weighted by Crippen LogP contribution is -2.51. The van der Waals surface area contributed by atoms with Crippen LogP contribution in [0.5, 0.6) is 0 Å². The summed E-state index contributed by atoms with van der Waals surface area (Å²) in [6, 6.07) is 0.477. The number of aliphatic imine (C=N–C) groups is 1. The summed E-state index contributed by atoms with van der Waals surface area (Å²) in [6.45, 7) is 8.00. The topological polar surface area (TPSA) is 58.1 Å². The molecule has 2 N–H and O–H groups in total. The zero-order valence-electron chi connectivity index (χ0n) is 15.3. The lowest BCUT2D eigenvalue weighted by molar-refractivity contribution is 0.0937. The van der Waals surface area contributed by atoms with E-state index in [1.54, 1.807) is 7.11 Å². The van der Waals surface area contributed by atoms with E-state index in [1.807, 2.05) is 0 Å². The normalized spacial score (nSPS) is 33.8. The average Bonchev–Trinajstić information content (AvgIpc) is 3.21. The first-order valence-electron chi connectivity index (χ1n) is 9.70. The molecule has 0 amide bonds. The highest BCUT2D eigenvalue weighted by Crippen LogP contribution is 2.38. The number of fused-ring (bicyclic) bond motifs is 2. The third kappa shape index (κ3) is 4.83. The van der Waals surface area contributed by atoms with Crippen molar-refractivity contribution >= 4 is 5.96 Å². The third-order valence-corrected chi connectivity index (χ3v) is 5.52. The number of rotatable bonds is 7. The van der Waals surface area contributed by atoms with E-state index in [0.717, 1.165) is 38.7 Å². The van der Waals surface area contributed by atoms with E-state index < -0.39 is 0 Å². The molecular formula is C18H34N4O2. The molecule has 0 aromatic heterocycles.